The molecule has 0 radical (unpaired) electrons. The fourth-order valence-corrected chi connectivity index (χ4v) is 7.16. The van der Waals surface area contributed by atoms with Crippen molar-refractivity contribution in [2.24, 2.45) is 0 Å². The molecule has 4 aliphatic heterocycles. The number of hydrogen-bond acceptors (Lipinski definition) is 7. The Morgan fingerprint density at radius 1 is 1.09 bits per heavy atom. The smallest absolute Gasteiger partial charge is 0.413 e. The van der Waals surface area contributed by atoms with E-state index in [1.807, 2.05) is 4.90 Å². The third-order valence-corrected chi connectivity index (χ3v) is 9.94. The third-order valence-electron chi connectivity index (χ3n) is 9.59. The van der Waals surface area contributed by atoms with Gasteiger partial charge in [0.25, 0.3) is 5.91 Å². The van der Waals surface area contributed by atoms with Crippen molar-refractivity contribution in [2.45, 2.75) is 51.0 Å². The number of alkyl halides is 3. The molecule has 46 heavy (non-hydrogen) atoms. The Kier molecular flexibility index (Phi) is 9.64. The molecule has 2 amide bonds. The van der Waals surface area contributed by atoms with Gasteiger partial charge in [-0.3, -0.25) is 14.5 Å². The molecule has 0 aliphatic carbocycles. The summed E-state index contributed by atoms with van der Waals surface area (Å²) in [5, 5.41) is -0.175. The van der Waals surface area contributed by atoms with Crippen LogP contribution >= 0.6 is 11.6 Å². The minimum Gasteiger partial charge on any atom is -0.489 e. The van der Waals surface area contributed by atoms with Crippen LogP contribution in [0.2, 0.25) is 5.02 Å². The van der Waals surface area contributed by atoms with E-state index >= 15 is 0 Å². The van der Waals surface area contributed by atoms with E-state index in [0.29, 0.717) is 13.1 Å². The standard InChI is InChI=1S/C33H42ClF3N6O3/c1-7-9-10-24(21(3)33(35,36)37)28-27(34)29-26(31(45)42-16-15-41(25(44)8-2)18-23(42)20-46-29)30(38-28)43-19-22(17-32(43,4)5)40-13-11-39(6)12-14-40/h7-10,22-23H,1-2,11-20H2,3-6H3/b10-9-,24-21-/t22?,23-/m1/s1. The van der Waals surface area contributed by atoms with Crippen LogP contribution in [0.3, 0.4) is 0 Å². The number of halogens is 4. The highest BCUT2D eigenvalue weighted by Crippen LogP contribution is 2.47. The number of pyridine rings is 1. The third kappa shape index (κ3) is 6.44. The van der Waals surface area contributed by atoms with Crippen molar-refractivity contribution < 1.29 is 27.5 Å². The summed E-state index contributed by atoms with van der Waals surface area (Å²) in [6.07, 6.45) is 1.38. The van der Waals surface area contributed by atoms with E-state index in [2.05, 4.69) is 43.9 Å². The number of ether oxygens (including phenoxy) is 1. The van der Waals surface area contributed by atoms with Crippen molar-refractivity contribution in [1.82, 2.24) is 24.6 Å². The van der Waals surface area contributed by atoms with E-state index in [9.17, 15) is 22.8 Å². The highest BCUT2D eigenvalue weighted by Gasteiger charge is 2.47. The van der Waals surface area contributed by atoms with Crippen LogP contribution in [-0.2, 0) is 4.79 Å². The Labute approximate surface area is 273 Å². The van der Waals surface area contributed by atoms with Crippen LogP contribution in [0.15, 0.2) is 43.0 Å². The second-order valence-corrected chi connectivity index (χ2v) is 13.4. The van der Waals surface area contributed by atoms with Gasteiger partial charge in [0.1, 0.15) is 23.0 Å². The molecule has 4 aliphatic rings. The second kappa shape index (κ2) is 13.0. The summed E-state index contributed by atoms with van der Waals surface area (Å²) in [5.41, 5.74) is -1.63. The highest BCUT2D eigenvalue weighted by molar-refractivity contribution is 6.34. The van der Waals surface area contributed by atoms with Crippen LogP contribution < -0.4 is 9.64 Å². The molecule has 3 fully saturated rings. The van der Waals surface area contributed by atoms with E-state index in [1.165, 1.54) is 24.3 Å². The zero-order chi connectivity index (χ0) is 33.6. The summed E-state index contributed by atoms with van der Waals surface area (Å²) in [4.78, 5) is 41.8. The van der Waals surface area contributed by atoms with Crippen molar-refractivity contribution in [2.75, 3.05) is 70.9 Å². The lowest BCUT2D eigenvalue weighted by Crippen LogP contribution is -2.57. The van der Waals surface area contributed by atoms with Crippen molar-refractivity contribution in [3.8, 4) is 5.75 Å². The van der Waals surface area contributed by atoms with Gasteiger partial charge in [0, 0.05) is 75.1 Å². The molecule has 1 unspecified atom stereocenters. The number of rotatable bonds is 6. The van der Waals surface area contributed by atoms with Gasteiger partial charge >= 0.3 is 6.18 Å². The molecule has 9 nitrogen and oxygen atoms in total. The maximum atomic E-state index is 14.5. The molecule has 0 spiro atoms. The number of carbonyl (C=O) groups excluding carboxylic acids is 2. The maximum absolute atomic E-state index is 14.5. The van der Waals surface area contributed by atoms with Gasteiger partial charge in [-0.15, -0.1) is 0 Å². The van der Waals surface area contributed by atoms with Gasteiger partial charge in [-0.1, -0.05) is 43.0 Å². The van der Waals surface area contributed by atoms with Gasteiger partial charge in [-0.25, -0.2) is 4.98 Å². The number of amides is 2. The predicted molar refractivity (Wildman–Crippen MR) is 173 cm³/mol. The van der Waals surface area contributed by atoms with Crippen LogP contribution in [0, 0.1) is 0 Å². The van der Waals surface area contributed by atoms with Crippen LogP contribution in [0.4, 0.5) is 19.0 Å². The highest BCUT2D eigenvalue weighted by atomic mass is 35.5. The molecule has 250 valence electrons. The Balaban J connectivity index is 1.68. The van der Waals surface area contributed by atoms with Gasteiger partial charge < -0.3 is 24.3 Å². The second-order valence-electron chi connectivity index (χ2n) is 13.0. The van der Waals surface area contributed by atoms with Crippen LogP contribution in [0.25, 0.3) is 5.57 Å². The molecule has 1 aromatic rings. The van der Waals surface area contributed by atoms with Crippen molar-refractivity contribution in [1.29, 1.82) is 0 Å². The number of likely N-dealkylation sites (N-methyl/N-ethyl adjacent to an activating group) is 1. The summed E-state index contributed by atoms with van der Waals surface area (Å²) in [6.45, 7) is 17.2. The predicted octanol–water partition coefficient (Wildman–Crippen LogP) is 4.65. The number of piperazine rings is 2. The van der Waals surface area contributed by atoms with Crippen LogP contribution in [0.5, 0.6) is 5.75 Å². The molecule has 0 aromatic carbocycles. The summed E-state index contributed by atoms with van der Waals surface area (Å²) in [7, 11) is 2.09. The van der Waals surface area contributed by atoms with Crippen molar-refractivity contribution in [3.63, 3.8) is 0 Å². The largest absolute Gasteiger partial charge is 0.489 e. The number of hydrogen-bond donors (Lipinski definition) is 0. The molecular formula is C33H42ClF3N6O3. The zero-order valence-corrected chi connectivity index (χ0v) is 27.6. The lowest BCUT2D eigenvalue weighted by atomic mass is 9.98. The van der Waals surface area contributed by atoms with Crippen LogP contribution in [-0.4, -0.2) is 126 Å². The average molecular weight is 663 g/mol. The monoisotopic (exact) mass is 662 g/mol. The van der Waals surface area contributed by atoms with E-state index in [0.717, 1.165) is 39.5 Å². The molecular weight excluding hydrogens is 621 g/mol. The Bertz CT molecular complexity index is 1470. The Morgan fingerprint density at radius 3 is 2.41 bits per heavy atom. The van der Waals surface area contributed by atoms with Crippen molar-refractivity contribution >= 4 is 34.8 Å². The first-order valence-corrected chi connectivity index (χ1v) is 15.9. The number of fused-ring (bicyclic) bond motifs is 2. The topological polar surface area (TPSA) is 72.5 Å². The Morgan fingerprint density at radius 2 is 1.78 bits per heavy atom. The number of carbonyl (C=O) groups is 2. The summed E-state index contributed by atoms with van der Waals surface area (Å²) >= 11 is 6.92. The van der Waals surface area contributed by atoms with Gasteiger partial charge in [-0.2, -0.15) is 13.2 Å². The molecule has 5 heterocycles. The van der Waals surface area contributed by atoms with E-state index in [-0.39, 0.29) is 71.0 Å². The molecule has 0 N–H and O–H groups in total. The first-order chi connectivity index (χ1) is 21.7. The average Bonchev–Trinajstić information content (AvgIpc) is 3.25. The fourth-order valence-electron chi connectivity index (χ4n) is 6.86. The summed E-state index contributed by atoms with van der Waals surface area (Å²) < 4.78 is 48.9. The summed E-state index contributed by atoms with van der Waals surface area (Å²) in [6, 6.07) is -0.349. The normalized spacial score (nSPS) is 24.7. The minimum atomic E-state index is -4.67. The molecule has 2 atom stereocenters. The first-order valence-electron chi connectivity index (χ1n) is 15.5. The van der Waals surface area contributed by atoms with E-state index in [1.54, 1.807) is 9.80 Å². The number of aromatic nitrogens is 1. The number of anilines is 1. The molecule has 13 heteroatoms. The zero-order valence-electron chi connectivity index (χ0n) is 26.9. The lowest BCUT2D eigenvalue weighted by molar-refractivity contribution is -0.128. The molecule has 1 aromatic heterocycles. The lowest BCUT2D eigenvalue weighted by Gasteiger charge is -2.40. The number of nitrogens with zero attached hydrogens (tertiary/aromatic N) is 6. The van der Waals surface area contributed by atoms with Gasteiger partial charge in [0.05, 0.1) is 11.7 Å². The fraction of sp³-hybridized carbons (Fsp3) is 0.545. The van der Waals surface area contributed by atoms with E-state index in [4.69, 9.17) is 21.3 Å². The summed E-state index contributed by atoms with van der Waals surface area (Å²) in [5.74, 6) is -0.388. The minimum absolute atomic E-state index is 0.000915. The van der Waals surface area contributed by atoms with E-state index < -0.39 is 23.3 Å². The van der Waals surface area contributed by atoms with Gasteiger partial charge in [0.2, 0.25) is 5.91 Å². The van der Waals surface area contributed by atoms with Gasteiger partial charge in [-0.05, 0) is 40.3 Å². The van der Waals surface area contributed by atoms with Crippen molar-refractivity contribution in [3.05, 3.63) is 59.3 Å². The quantitative estimate of drug-likeness (QED) is 0.325. The molecule has 0 bridgehead atoms. The number of allylic oxidation sites excluding steroid dienone is 5. The maximum Gasteiger partial charge on any atom is 0.413 e. The SMILES string of the molecule is C=C/C=C\C(=C(/C)C(F)(F)F)c1nc(N2CC(N3CCN(C)CC3)CC2(C)C)c2c(c1Cl)OC[C@H]1CN(C(=O)C=C)CCN1C2=O. The molecule has 0 saturated carbocycles. The van der Waals surface area contributed by atoms with Gasteiger partial charge in [0.15, 0.2) is 5.75 Å². The van der Waals surface area contributed by atoms with Crippen LogP contribution in [0.1, 0.15) is 43.2 Å². The molecule has 3 saturated heterocycles. The Hall–Kier alpha value is -3.35. The first kappa shape index (κ1) is 34.0. The molecule has 5 rings (SSSR count).